The summed E-state index contributed by atoms with van der Waals surface area (Å²) < 4.78 is 21.9. The third kappa shape index (κ3) is 7.48. The number of aliphatic imine (C=N–C) groups is 1. The van der Waals surface area contributed by atoms with E-state index in [1.165, 1.54) is 5.56 Å². The number of nitrogens with zero attached hydrogens (tertiary/aromatic N) is 1. The summed E-state index contributed by atoms with van der Waals surface area (Å²) in [6, 6.07) is 14.1. The molecule has 0 aliphatic heterocycles. The van der Waals surface area contributed by atoms with Gasteiger partial charge in [0, 0.05) is 26.7 Å². The topological polar surface area (TPSA) is 73.3 Å². The molecule has 0 bridgehead atoms. The monoisotopic (exact) mass is 415 g/mol. The fourth-order valence-corrected chi connectivity index (χ4v) is 2.94. The van der Waals surface area contributed by atoms with Crippen LogP contribution < -0.4 is 24.8 Å². The van der Waals surface area contributed by atoms with Gasteiger partial charge in [0.2, 0.25) is 5.75 Å². The fraction of sp³-hybridized carbons (Fsp3) is 0.435. The highest BCUT2D eigenvalue weighted by Crippen LogP contribution is 2.38. The zero-order valence-corrected chi connectivity index (χ0v) is 18.4. The molecule has 0 radical (unpaired) electrons. The molecule has 0 saturated carbocycles. The number of hydrogen-bond donors (Lipinski definition) is 2. The smallest absolute Gasteiger partial charge is 0.203 e. The van der Waals surface area contributed by atoms with Gasteiger partial charge in [-0.05, 0) is 36.1 Å². The Bertz CT molecular complexity index is 756. The lowest BCUT2D eigenvalue weighted by Crippen LogP contribution is -2.37. The minimum atomic E-state index is 0.580. The minimum Gasteiger partial charge on any atom is -0.493 e. The number of unbranched alkanes of at least 4 members (excludes halogenated alkanes) is 1. The summed E-state index contributed by atoms with van der Waals surface area (Å²) in [5.74, 6) is 2.59. The summed E-state index contributed by atoms with van der Waals surface area (Å²) in [4.78, 5) is 4.27. The van der Waals surface area contributed by atoms with Gasteiger partial charge in [-0.1, -0.05) is 30.3 Å². The van der Waals surface area contributed by atoms with Gasteiger partial charge in [0.15, 0.2) is 17.5 Å². The molecule has 0 fully saturated rings. The van der Waals surface area contributed by atoms with Crippen LogP contribution in [0.5, 0.6) is 17.2 Å². The predicted octanol–water partition coefficient (Wildman–Crippen LogP) is 3.37. The SMILES string of the molecule is CN=C(NCCCCOCc1ccccc1)NCc1cc(OC)c(OC)c(OC)c1. The molecule has 0 aromatic heterocycles. The summed E-state index contributed by atoms with van der Waals surface area (Å²) in [7, 11) is 6.57. The first-order chi connectivity index (χ1) is 14.7. The van der Waals surface area contributed by atoms with Crippen LogP contribution in [0.15, 0.2) is 47.5 Å². The highest BCUT2D eigenvalue weighted by molar-refractivity contribution is 5.79. The summed E-state index contributed by atoms with van der Waals surface area (Å²) >= 11 is 0. The zero-order chi connectivity index (χ0) is 21.6. The molecule has 2 N–H and O–H groups in total. The van der Waals surface area contributed by atoms with E-state index in [1.54, 1.807) is 28.4 Å². The lowest BCUT2D eigenvalue weighted by molar-refractivity contribution is 0.117. The third-order valence-corrected chi connectivity index (χ3v) is 4.53. The Morgan fingerprint density at radius 3 is 2.17 bits per heavy atom. The van der Waals surface area contributed by atoms with Crippen LogP contribution in [0.3, 0.4) is 0 Å². The second-order valence-corrected chi connectivity index (χ2v) is 6.63. The van der Waals surface area contributed by atoms with E-state index < -0.39 is 0 Å². The summed E-state index contributed by atoms with van der Waals surface area (Å²) in [5, 5.41) is 6.63. The Morgan fingerprint density at radius 1 is 0.867 bits per heavy atom. The molecule has 0 aliphatic rings. The first kappa shape index (κ1) is 23.3. The molecule has 0 amide bonds. The van der Waals surface area contributed by atoms with Crippen LogP contribution in [0.25, 0.3) is 0 Å². The molecule has 2 aromatic carbocycles. The van der Waals surface area contributed by atoms with Crippen molar-refractivity contribution in [3.05, 3.63) is 53.6 Å². The van der Waals surface area contributed by atoms with Crippen molar-refractivity contribution in [2.45, 2.75) is 26.0 Å². The molecule has 0 heterocycles. The van der Waals surface area contributed by atoms with Crippen LogP contribution in [-0.2, 0) is 17.9 Å². The maximum atomic E-state index is 5.71. The van der Waals surface area contributed by atoms with Crippen molar-refractivity contribution in [3.63, 3.8) is 0 Å². The van der Waals surface area contributed by atoms with Gasteiger partial charge in [-0.15, -0.1) is 0 Å². The number of nitrogens with one attached hydrogen (secondary N) is 2. The minimum absolute atomic E-state index is 0.580. The maximum absolute atomic E-state index is 5.71. The van der Waals surface area contributed by atoms with Crippen LogP contribution in [0.4, 0.5) is 0 Å². The Balaban J connectivity index is 1.69. The summed E-state index contributed by atoms with van der Waals surface area (Å²) in [6.07, 6.45) is 1.99. The van der Waals surface area contributed by atoms with Crippen molar-refractivity contribution in [3.8, 4) is 17.2 Å². The molecule has 164 valence electrons. The normalized spacial score (nSPS) is 11.1. The van der Waals surface area contributed by atoms with Gasteiger partial charge >= 0.3 is 0 Å². The molecule has 0 atom stereocenters. The average Bonchev–Trinajstić information content (AvgIpc) is 2.80. The fourth-order valence-electron chi connectivity index (χ4n) is 2.94. The van der Waals surface area contributed by atoms with Gasteiger partial charge in [0.1, 0.15) is 0 Å². The van der Waals surface area contributed by atoms with E-state index in [4.69, 9.17) is 18.9 Å². The molecule has 2 aromatic rings. The Labute approximate surface area is 179 Å². The van der Waals surface area contributed by atoms with E-state index in [9.17, 15) is 0 Å². The van der Waals surface area contributed by atoms with Gasteiger partial charge < -0.3 is 29.6 Å². The van der Waals surface area contributed by atoms with Crippen LogP contribution in [0.1, 0.15) is 24.0 Å². The van der Waals surface area contributed by atoms with Crippen molar-refractivity contribution < 1.29 is 18.9 Å². The van der Waals surface area contributed by atoms with Crippen LogP contribution in [-0.4, -0.2) is 47.5 Å². The van der Waals surface area contributed by atoms with Gasteiger partial charge in [-0.3, -0.25) is 4.99 Å². The molecule has 2 rings (SSSR count). The van der Waals surface area contributed by atoms with Gasteiger partial charge in [-0.2, -0.15) is 0 Å². The van der Waals surface area contributed by atoms with Crippen LogP contribution in [0, 0.1) is 0 Å². The highest BCUT2D eigenvalue weighted by atomic mass is 16.5. The lowest BCUT2D eigenvalue weighted by atomic mass is 10.2. The number of methoxy groups -OCH3 is 3. The number of benzene rings is 2. The van der Waals surface area contributed by atoms with Crippen LogP contribution >= 0.6 is 0 Å². The van der Waals surface area contributed by atoms with Gasteiger partial charge in [0.05, 0.1) is 27.9 Å². The van der Waals surface area contributed by atoms with E-state index in [0.717, 1.165) is 37.5 Å². The highest BCUT2D eigenvalue weighted by Gasteiger charge is 2.13. The number of hydrogen-bond acceptors (Lipinski definition) is 5. The molecule has 0 spiro atoms. The van der Waals surface area contributed by atoms with Gasteiger partial charge in [0.25, 0.3) is 0 Å². The van der Waals surface area contributed by atoms with E-state index in [2.05, 4.69) is 27.8 Å². The molecule has 0 unspecified atom stereocenters. The second kappa shape index (κ2) is 13.3. The summed E-state index contributed by atoms with van der Waals surface area (Å²) in [5.41, 5.74) is 2.20. The molecule has 7 nitrogen and oxygen atoms in total. The number of ether oxygens (including phenoxy) is 4. The predicted molar refractivity (Wildman–Crippen MR) is 120 cm³/mol. The second-order valence-electron chi connectivity index (χ2n) is 6.63. The first-order valence-corrected chi connectivity index (χ1v) is 10.1. The van der Waals surface area contributed by atoms with Crippen molar-refractivity contribution in [2.24, 2.45) is 4.99 Å². The molecule has 7 heteroatoms. The molecule has 0 saturated heterocycles. The Hall–Kier alpha value is -2.93. The Kier molecular flexibility index (Phi) is 10.4. The molecular weight excluding hydrogens is 382 g/mol. The van der Waals surface area contributed by atoms with Crippen molar-refractivity contribution in [2.75, 3.05) is 41.5 Å². The van der Waals surface area contributed by atoms with Crippen molar-refractivity contribution in [1.82, 2.24) is 10.6 Å². The van der Waals surface area contributed by atoms with E-state index in [0.29, 0.717) is 30.4 Å². The van der Waals surface area contributed by atoms with Crippen molar-refractivity contribution >= 4 is 5.96 Å². The van der Waals surface area contributed by atoms with Crippen molar-refractivity contribution in [1.29, 1.82) is 0 Å². The summed E-state index contributed by atoms with van der Waals surface area (Å²) in [6.45, 7) is 2.81. The standard InChI is InChI=1S/C23H33N3O4/c1-24-23(25-12-8-9-13-30-17-18-10-6-5-7-11-18)26-16-19-14-20(27-2)22(29-4)21(15-19)28-3/h5-7,10-11,14-15H,8-9,12-13,16-17H2,1-4H3,(H2,24,25,26). The lowest BCUT2D eigenvalue weighted by Gasteiger charge is -2.16. The van der Waals surface area contributed by atoms with E-state index in [-0.39, 0.29) is 0 Å². The Morgan fingerprint density at radius 2 is 1.57 bits per heavy atom. The quantitative estimate of drug-likeness (QED) is 0.315. The molecule has 0 aliphatic carbocycles. The zero-order valence-electron chi connectivity index (χ0n) is 18.4. The van der Waals surface area contributed by atoms with E-state index >= 15 is 0 Å². The average molecular weight is 416 g/mol. The number of guanidine groups is 1. The number of rotatable bonds is 12. The molecule has 30 heavy (non-hydrogen) atoms. The van der Waals surface area contributed by atoms with E-state index in [1.807, 2.05) is 30.3 Å². The molecular formula is C23H33N3O4. The first-order valence-electron chi connectivity index (χ1n) is 10.1. The largest absolute Gasteiger partial charge is 0.493 e. The maximum Gasteiger partial charge on any atom is 0.203 e. The van der Waals surface area contributed by atoms with Gasteiger partial charge in [-0.25, -0.2) is 0 Å². The van der Waals surface area contributed by atoms with Crippen LogP contribution in [0.2, 0.25) is 0 Å². The third-order valence-electron chi connectivity index (χ3n) is 4.53.